The fourth-order valence-corrected chi connectivity index (χ4v) is 8.18. The first-order valence-corrected chi connectivity index (χ1v) is 12.9. The largest absolute Gasteiger partial charge is 0.477 e. The number of aryl methyl sites for hydroxylation is 1. The molecular weight excluding hydrogens is 472 g/mol. The third kappa shape index (κ3) is 3.27. The summed E-state index contributed by atoms with van der Waals surface area (Å²) in [6.07, 6.45) is 1.05. The SMILES string of the molecule is COC1(CS(C)(=O)=O)N[C@@]2(OC)C(=O)N3C(C(=O)O)=C(CSc4nnnn4C)C1S[C@H]32. The van der Waals surface area contributed by atoms with E-state index in [0.717, 1.165) is 6.26 Å². The number of hydrogen-bond acceptors (Lipinski definition) is 12. The summed E-state index contributed by atoms with van der Waals surface area (Å²) in [5, 5.41) is 23.2. The van der Waals surface area contributed by atoms with E-state index in [1.807, 2.05) is 0 Å². The van der Waals surface area contributed by atoms with Crippen LogP contribution in [0.25, 0.3) is 0 Å². The highest BCUT2D eigenvalue weighted by Gasteiger charge is 2.74. The lowest BCUT2D eigenvalue weighted by Crippen LogP contribution is -2.89. The maximum Gasteiger partial charge on any atom is 0.352 e. The van der Waals surface area contributed by atoms with Crippen molar-refractivity contribution in [3.63, 3.8) is 0 Å². The maximum atomic E-state index is 13.1. The van der Waals surface area contributed by atoms with Gasteiger partial charge in [0, 0.05) is 33.3 Å². The predicted octanol–water partition coefficient (Wildman–Crippen LogP) is -1.74. The lowest BCUT2D eigenvalue weighted by molar-refractivity contribution is -0.214. The predicted molar refractivity (Wildman–Crippen MR) is 109 cm³/mol. The molecule has 0 saturated carbocycles. The Balaban J connectivity index is 1.86. The Hall–Kier alpha value is -1.72. The molecule has 1 aromatic rings. The molecule has 3 aliphatic rings. The van der Waals surface area contributed by atoms with Crippen molar-refractivity contribution in [2.75, 3.05) is 32.0 Å². The molecule has 0 radical (unpaired) electrons. The van der Waals surface area contributed by atoms with E-state index >= 15 is 0 Å². The van der Waals surface area contributed by atoms with E-state index in [4.69, 9.17) is 9.47 Å². The van der Waals surface area contributed by atoms with Crippen molar-refractivity contribution < 1.29 is 32.6 Å². The molecule has 2 fully saturated rings. The molecule has 31 heavy (non-hydrogen) atoms. The molecule has 2 N–H and O–H groups in total. The number of amides is 1. The van der Waals surface area contributed by atoms with E-state index in [-0.39, 0.29) is 11.4 Å². The van der Waals surface area contributed by atoms with Gasteiger partial charge in [-0.25, -0.2) is 23.2 Å². The Morgan fingerprint density at radius 3 is 2.61 bits per heavy atom. The van der Waals surface area contributed by atoms with Crippen LogP contribution in [0.5, 0.6) is 0 Å². The fourth-order valence-electron chi connectivity index (χ4n) is 4.09. The Labute approximate surface area is 185 Å². The summed E-state index contributed by atoms with van der Waals surface area (Å²) in [6.45, 7) is 0. The molecule has 2 saturated heterocycles. The summed E-state index contributed by atoms with van der Waals surface area (Å²) in [7, 11) is 0.648. The number of fused-ring (bicyclic) bond motifs is 1. The summed E-state index contributed by atoms with van der Waals surface area (Å²) < 4.78 is 37.2. The second-order valence-electron chi connectivity index (χ2n) is 7.32. The number of carbonyl (C=O) groups is 2. The first-order chi connectivity index (χ1) is 14.5. The van der Waals surface area contributed by atoms with Crippen LogP contribution in [-0.2, 0) is 35.9 Å². The summed E-state index contributed by atoms with van der Waals surface area (Å²) in [6, 6.07) is 0. The van der Waals surface area contributed by atoms with Gasteiger partial charge in [-0.3, -0.25) is 9.69 Å². The van der Waals surface area contributed by atoms with Gasteiger partial charge in [0.2, 0.25) is 10.9 Å². The van der Waals surface area contributed by atoms with Crippen LogP contribution >= 0.6 is 23.5 Å². The minimum absolute atomic E-state index is 0.0978. The van der Waals surface area contributed by atoms with Crippen molar-refractivity contribution in [1.82, 2.24) is 30.4 Å². The number of aliphatic carboxylic acids is 1. The number of methoxy groups -OCH3 is 2. The number of carboxylic acid groups (broad SMARTS) is 1. The second-order valence-corrected chi connectivity index (χ2v) is 11.6. The van der Waals surface area contributed by atoms with Gasteiger partial charge < -0.3 is 14.6 Å². The molecule has 1 aromatic heterocycles. The number of thioether (sulfide) groups is 2. The molecule has 4 rings (SSSR count). The smallest absolute Gasteiger partial charge is 0.352 e. The first-order valence-electron chi connectivity index (χ1n) is 8.87. The number of ether oxygens (including phenoxy) is 2. The Morgan fingerprint density at radius 2 is 2.10 bits per heavy atom. The van der Waals surface area contributed by atoms with E-state index in [9.17, 15) is 23.1 Å². The van der Waals surface area contributed by atoms with Crippen LogP contribution in [0.15, 0.2) is 16.4 Å². The average Bonchev–Trinajstić information content (AvgIpc) is 3.11. The number of carbonyl (C=O) groups excluding carboxylic acids is 1. The topological polar surface area (TPSA) is 166 Å². The van der Waals surface area contributed by atoms with Crippen LogP contribution in [0.4, 0.5) is 0 Å². The van der Waals surface area contributed by atoms with Crippen molar-refractivity contribution >= 4 is 45.2 Å². The van der Waals surface area contributed by atoms with Crippen LogP contribution in [0.3, 0.4) is 0 Å². The number of tetrazole rings is 1. The van der Waals surface area contributed by atoms with E-state index < -0.39 is 49.5 Å². The summed E-state index contributed by atoms with van der Waals surface area (Å²) in [4.78, 5) is 26.5. The fraction of sp³-hybridized carbons (Fsp3) is 0.667. The maximum absolute atomic E-state index is 13.1. The highest BCUT2D eigenvalue weighted by molar-refractivity contribution is 8.01. The van der Waals surface area contributed by atoms with E-state index in [0.29, 0.717) is 10.7 Å². The van der Waals surface area contributed by atoms with Gasteiger partial charge in [0.15, 0.2) is 15.6 Å². The van der Waals surface area contributed by atoms with Gasteiger partial charge in [-0.15, -0.1) is 16.9 Å². The molecule has 16 heteroatoms. The molecule has 4 heterocycles. The van der Waals surface area contributed by atoms with Gasteiger partial charge >= 0.3 is 5.97 Å². The van der Waals surface area contributed by atoms with E-state index in [2.05, 4.69) is 20.8 Å². The Bertz CT molecular complexity index is 1090. The molecule has 2 bridgehead atoms. The van der Waals surface area contributed by atoms with Gasteiger partial charge in [0.1, 0.15) is 11.1 Å². The van der Waals surface area contributed by atoms with Crippen molar-refractivity contribution in [1.29, 1.82) is 0 Å². The lowest BCUT2D eigenvalue weighted by atomic mass is 9.89. The van der Waals surface area contributed by atoms with Crippen LogP contribution < -0.4 is 5.32 Å². The highest BCUT2D eigenvalue weighted by atomic mass is 32.2. The van der Waals surface area contributed by atoms with E-state index in [1.54, 1.807) is 7.05 Å². The quantitative estimate of drug-likeness (QED) is 0.310. The molecule has 13 nitrogen and oxygen atoms in total. The van der Waals surface area contributed by atoms with Crippen molar-refractivity contribution in [2.45, 2.75) is 27.2 Å². The summed E-state index contributed by atoms with van der Waals surface area (Å²) in [5.41, 5.74) is -3.06. The zero-order chi connectivity index (χ0) is 22.8. The van der Waals surface area contributed by atoms with Crippen LogP contribution in [0.1, 0.15) is 0 Å². The van der Waals surface area contributed by atoms with Crippen molar-refractivity contribution in [3.05, 3.63) is 11.3 Å². The minimum atomic E-state index is -3.61. The Kier molecular flexibility index (Phi) is 5.37. The molecule has 3 aliphatic heterocycles. The van der Waals surface area contributed by atoms with Gasteiger partial charge in [-0.2, -0.15) is 0 Å². The standard InChI is InChI=1S/C15H20N6O7S3/c1-20-13(16-18-19-20)29-5-7-8(10(22)23)21-11(24)15(28-3)12(21)30-9(7)14(17-15,27-2)6-31(4,25)26/h9,12,17H,5-6H2,1-4H3,(H,22,23)/t9?,12-,14?,15+/m0/s1. The lowest BCUT2D eigenvalue weighted by Gasteiger charge is -2.65. The van der Waals surface area contributed by atoms with Crippen molar-refractivity contribution in [3.8, 4) is 0 Å². The number of rotatable bonds is 8. The molecule has 2 unspecified atom stereocenters. The number of β-lactam (4-membered cyclic amide) rings is 1. The average molecular weight is 493 g/mol. The van der Waals surface area contributed by atoms with Gasteiger partial charge in [-0.05, 0) is 16.0 Å². The van der Waals surface area contributed by atoms with Gasteiger partial charge in [0.25, 0.3) is 5.91 Å². The monoisotopic (exact) mass is 492 g/mol. The van der Waals surface area contributed by atoms with E-state index in [1.165, 1.54) is 47.3 Å². The van der Waals surface area contributed by atoms with Crippen LogP contribution in [-0.4, -0.2) is 105 Å². The highest BCUT2D eigenvalue weighted by Crippen LogP contribution is 2.57. The minimum Gasteiger partial charge on any atom is -0.477 e. The second kappa shape index (κ2) is 7.41. The zero-order valence-electron chi connectivity index (χ0n) is 16.9. The summed E-state index contributed by atoms with van der Waals surface area (Å²) >= 11 is 2.41. The van der Waals surface area contributed by atoms with Gasteiger partial charge in [0.05, 0.1) is 11.0 Å². The zero-order valence-corrected chi connectivity index (χ0v) is 19.4. The number of aromatic nitrogens is 4. The first kappa shape index (κ1) is 22.5. The molecule has 0 aliphatic carbocycles. The molecular formula is C15H20N6O7S3. The third-order valence-electron chi connectivity index (χ3n) is 5.37. The van der Waals surface area contributed by atoms with Gasteiger partial charge in [-0.1, -0.05) is 11.8 Å². The number of hydrogen-bond donors (Lipinski definition) is 2. The van der Waals surface area contributed by atoms with Crippen LogP contribution in [0, 0.1) is 0 Å². The number of sulfone groups is 1. The molecule has 4 atom stereocenters. The molecule has 170 valence electrons. The molecule has 0 spiro atoms. The Morgan fingerprint density at radius 1 is 1.39 bits per heavy atom. The van der Waals surface area contributed by atoms with Crippen molar-refractivity contribution in [2.24, 2.45) is 7.05 Å². The third-order valence-corrected chi connectivity index (χ3v) is 9.12. The normalized spacial score (nSPS) is 32.3. The molecule has 0 aromatic carbocycles. The number of nitrogens with one attached hydrogen (secondary N) is 1. The summed E-state index contributed by atoms with van der Waals surface area (Å²) in [5.74, 6) is -2.32. The van der Waals surface area contributed by atoms with Crippen LogP contribution in [0.2, 0.25) is 0 Å². The molecule has 1 amide bonds. The number of carboxylic acids is 1. The number of nitrogens with zero attached hydrogens (tertiary/aromatic N) is 5.